The molecule has 0 aliphatic heterocycles. The van der Waals surface area contributed by atoms with Crippen LogP contribution in [0.3, 0.4) is 0 Å². The van der Waals surface area contributed by atoms with Gasteiger partial charge in [-0.3, -0.25) is 4.79 Å². The third kappa shape index (κ3) is 18.6. The summed E-state index contributed by atoms with van der Waals surface area (Å²) in [6.45, 7) is 7.00. The first-order valence-electron chi connectivity index (χ1n) is 8.17. The summed E-state index contributed by atoms with van der Waals surface area (Å²) in [5.74, 6) is 0.363. The van der Waals surface area contributed by atoms with Crippen molar-refractivity contribution in [2.24, 2.45) is 0 Å². The van der Waals surface area contributed by atoms with E-state index in [1.807, 2.05) is 0 Å². The first kappa shape index (κ1) is 22.9. The van der Waals surface area contributed by atoms with Crippen LogP contribution < -0.4 is 0 Å². The molecule has 121 valence electrons. The summed E-state index contributed by atoms with van der Waals surface area (Å²) in [6.07, 6.45) is 9.25. The van der Waals surface area contributed by atoms with E-state index >= 15 is 0 Å². The predicted molar refractivity (Wildman–Crippen MR) is 95.4 cm³/mol. The minimum absolute atomic E-state index is 0.199. The van der Waals surface area contributed by atoms with Crippen LogP contribution in [0.15, 0.2) is 0 Å². The fourth-order valence-corrected chi connectivity index (χ4v) is 11.5. The number of rotatable bonds is 11. The Hall–Kier alpha value is 0.619. The molecule has 0 fully saturated rings. The van der Waals surface area contributed by atoms with E-state index in [0.29, 0.717) is 12.2 Å². The number of unbranched alkanes of at least 4 members (excludes halogenated alkanes) is 3. The number of carbonyl (C=O) groups is 1. The zero-order valence-corrected chi connectivity index (χ0v) is 17.8. The fourth-order valence-electron chi connectivity index (χ4n) is 1.85. The van der Waals surface area contributed by atoms with Crippen molar-refractivity contribution in [2.45, 2.75) is 79.0 Å². The van der Waals surface area contributed by atoms with Crippen LogP contribution in [0.1, 0.15) is 65.7 Å². The topological polar surface area (TPSA) is 26.3 Å². The molecule has 0 aromatic carbocycles. The standard InChI is InChI=1S/C4H8O2S.3C4H9.Sn/c1-6-4(5)2-3-7;3*1-3-4-2;/h7H,2-3H2,1H3;3*1,3-4H2,2H3;. The van der Waals surface area contributed by atoms with Gasteiger partial charge in [-0.2, -0.15) is 12.6 Å². The van der Waals surface area contributed by atoms with Crippen molar-refractivity contribution >= 4 is 38.4 Å². The number of thiol groups is 1. The van der Waals surface area contributed by atoms with Gasteiger partial charge < -0.3 is 4.74 Å². The van der Waals surface area contributed by atoms with Crippen LogP contribution in [0.4, 0.5) is 0 Å². The molecule has 0 amide bonds. The van der Waals surface area contributed by atoms with Crippen LogP contribution in [0.5, 0.6) is 0 Å². The molecule has 0 saturated heterocycles. The van der Waals surface area contributed by atoms with Crippen molar-refractivity contribution in [3.8, 4) is 0 Å². The quantitative estimate of drug-likeness (QED) is 0.282. The summed E-state index contributed by atoms with van der Waals surface area (Å²) < 4.78 is 9.34. The molecule has 0 atom stereocenters. The van der Waals surface area contributed by atoms with E-state index in [1.54, 1.807) is 13.3 Å². The second-order valence-corrected chi connectivity index (χ2v) is 14.1. The average molecular weight is 410 g/mol. The third-order valence-electron chi connectivity index (χ3n) is 3.20. The molecule has 0 heterocycles. The molecule has 0 bridgehead atoms. The summed E-state index contributed by atoms with van der Waals surface area (Å²) >= 11 is 2.97. The summed E-state index contributed by atoms with van der Waals surface area (Å²) in [5, 5.41) is 0. The van der Waals surface area contributed by atoms with Crippen molar-refractivity contribution in [1.29, 1.82) is 0 Å². The Morgan fingerprint density at radius 1 is 0.950 bits per heavy atom. The van der Waals surface area contributed by atoms with E-state index in [9.17, 15) is 4.79 Å². The number of methoxy groups -OCH3 is 1. The molecular formula is C16H35O2SSn. The average Bonchev–Trinajstić information content (AvgIpc) is 2.47. The Morgan fingerprint density at radius 3 is 1.55 bits per heavy atom. The largest absolute Gasteiger partial charge is 0.469 e. The fraction of sp³-hybridized carbons (Fsp3) is 0.938. The maximum atomic E-state index is 10.1. The number of hydrogen-bond donors (Lipinski definition) is 1. The van der Waals surface area contributed by atoms with Gasteiger partial charge >= 0.3 is 98.3 Å². The second kappa shape index (κ2) is 19.6. The van der Waals surface area contributed by atoms with Crippen molar-refractivity contribution in [2.75, 3.05) is 12.9 Å². The van der Waals surface area contributed by atoms with E-state index in [0.717, 1.165) is 0 Å². The van der Waals surface area contributed by atoms with E-state index < -0.39 is 19.8 Å². The monoisotopic (exact) mass is 411 g/mol. The number of carbonyl (C=O) groups excluding carboxylic acids is 1. The number of esters is 1. The van der Waals surface area contributed by atoms with E-state index in [-0.39, 0.29) is 5.97 Å². The molecule has 0 aliphatic rings. The molecule has 0 aromatic rings. The minimum atomic E-state index is -0.839. The van der Waals surface area contributed by atoms with Crippen LogP contribution in [0, 0.1) is 0 Å². The number of hydrogen-bond acceptors (Lipinski definition) is 3. The summed E-state index contributed by atoms with van der Waals surface area (Å²) in [6, 6.07) is 0. The number of ether oxygens (including phenoxy) is 1. The van der Waals surface area contributed by atoms with Gasteiger partial charge in [0.15, 0.2) is 0 Å². The van der Waals surface area contributed by atoms with E-state index in [4.69, 9.17) is 0 Å². The van der Waals surface area contributed by atoms with Crippen LogP contribution >= 0.6 is 12.6 Å². The van der Waals surface area contributed by atoms with Gasteiger partial charge in [0, 0.05) is 5.75 Å². The molecular weight excluding hydrogens is 375 g/mol. The van der Waals surface area contributed by atoms with Gasteiger partial charge in [0.2, 0.25) is 0 Å². The zero-order valence-electron chi connectivity index (χ0n) is 14.0. The maximum Gasteiger partial charge on any atom is 0.306 e. The van der Waals surface area contributed by atoms with Crippen LogP contribution in [0.2, 0.25) is 13.3 Å². The molecule has 1 radical (unpaired) electrons. The molecule has 0 N–H and O–H groups in total. The van der Waals surface area contributed by atoms with Gasteiger partial charge in [-0.25, -0.2) is 0 Å². The zero-order chi connectivity index (χ0) is 15.6. The van der Waals surface area contributed by atoms with Gasteiger partial charge in [-0.05, 0) is 0 Å². The van der Waals surface area contributed by atoms with Gasteiger partial charge in [0.1, 0.15) is 0 Å². The van der Waals surface area contributed by atoms with Crippen molar-refractivity contribution < 1.29 is 9.53 Å². The van der Waals surface area contributed by atoms with E-state index in [1.165, 1.54) is 45.6 Å². The molecule has 0 rings (SSSR count). The Balaban J connectivity index is 0. The molecule has 0 aliphatic carbocycles. The normalized spacial score (nSPS) is 10.1. The Kier molecular flexibility index (Phi) is 22.5. The molecule has 2 nitrogen and oxygen atoms in total. The van der Waals surface area contributed by atoms with Crippen molar-refractivity contribution in [3.63, 3.8) is 0 Å². The molecule has 0 spiro atoms. The summed E-state index contributed by atoms with van der Waals surface area (Å²) in [7, 11) is 1.37. The predicted octanol–water partition coefficient (Wildman–Crippen LogP) is 5.36. The summed E-state index contributed by atoms with van der Waals surface area (Å²) in [5.41, 5.74) is 0. The Bertz CT molecular complexity index is 182. The van der Waals surface area contributed by atoms with Crippen molar-refractivity contribution in [3.05, 3.63) is 0 Å². The Labute approximate surface area is 139 Å². The molecule has 4 heteroatoms. The maximum absolute atomic E-state index is 10.1. The third-order valence-corrected chi connectivity index (χ3v) is 12.5. The first-order valence-corrected chi connectivity index (χ1v) is 14.9. The SMILES string of the molecule is CCC[CH2][Sn]([CH2]CCC)[CH2]CCC.COC(=O)CCS. The summed E-state index contributed by atoms with van der Waals surface area (Å²) in [4.78, 5) is 10.1. The molecule has 0 saturated carbocycles. The molecule has 0 aromatic heterocycles. The van der Waals surface area contributed by atoms with Crippen LogP contribution in [-0.2, 0) is 9.53 Å². The van der Waals surface area contributed by atoms with Gasteiger partial charge in [-0.15, -0.1) is 0 Å². The molecule has 0 unspecified atom stereocenters. The van der Waals surface area contributed by atoms with E-state index in [2.05, 4.69) is 38.1 Å². The smallest absolute Gasteiger partial charge is 0.306 e. The van der Waals surface area contributed by atoms with Gasteiger partial charge in [0.25, 0.3) is 0 Å². The first-order chi connectivity index (χ1) is 9.65. The molecule has 20 heavy (non-hydrogen) atoms. The van der Waals surface area contributed by atoms with Gasteiger partial charge in [0.05, 0.1) is 13.5 Å². The minimum Gasteiger partial charge on any atom is -0.469 e. The second-order valence-electron chi connectivity index (χ2n) is 5.11. The van der Waals surface area contributed by atoms with Crippen LogP contribution in [-0.4, -0.2) is 38.6 Å². The van der Waals surface area contributed by atoms with Gasteiger partial charge in [-0.1, -0.05) is 0 Å². The van der Waals surface area contributed by atoms with Crippen LogP contribution in [0.25, 0.3) is 0 Å². The van der Waals surface area contributed by atoms with Crippen molar-refractivity contribution in [1.82, 2.24) is 0 Å². The Morgan fingerprint density at radius 2 is 1.35 bits per heavy atom.